The molecule has 1 N–H and O–H groups in total. The molecule has 0 spiro atoms. The molecule has 2 heterocycles. The third-order valence-electron chi connectivity index (χ3n) is 6.55. The monoisotopic (exact) mass is 492 g/mol. The molecule has 1 aliphatic carbocycles. The van der Waals surface area contributed by atoms with Crippen LogP contribution in [0.15, 0.2) is 72.8 Å². The highest BCUT2D eigenvalue weighted by Gasteiger charge is 2.28. The lowest BCUT2D eigenvalue weighted by molar-refractivity contribution is -0.124. The average molecular weight is 493 g/mol. The number of carbonyl (C=O) groups is 2. The molecule has 0 bridgehead atoms. The molecule has 7 nitrogen and oxygen atoms in total. The minimum absolute atomic E-state index is 0.192. The van der Waals surface area contributed by atoms with E-state index in [0.29, 0.717) is 23.5 Å². The molecule has 37 heavy (non-hydrogen) atoms. The molecule has 1 aliphatic heterocycles. The Bertz CT molecular complexity index is 1540. The summed E-state index contributed by atoms with van der Waals surface area (Å²) in [6.45, 7) is 0.105. The number of hydrogen-bond acceptors (Lipinski definition) is 6. The number of fused-ring (bicyclic) bond motifs is 3. The largest absolute Gasteiger partial charge is 0.454 e. The number of carbonyl (C=O) groups excluding carboxylic acids is 2. The van der Waals surface area contributed by atoms with Crippen molar-refractivity contribution in [3.05, 3.63) is 101 Å². The van der Waals surface area contributed by atoms with Crippen molar-refractivity contribution in [1.82, 2.24) is 10.3 Å². The molecule has 184 valence electrons. The number of pyridine rings is 1. The lowest BCUT2D eigenvalue weighted by Gasteiger charge is -2.12. The molecule has 3 aromatic carbocycles. The van der Waals surface area contributed by atoms with E-state index < -0.39 is 5.97 Å². The van der Waals surface area contributed by atoms with Crippen LogP contribution in [0.1, 0.15) is 39.2 Å². The summed E-state index contributed by atoms with van der Waals surface area (Å²) in [5, 5.41) is 3.52. The predicted octanol–water partition coefficient (Wildman–Crippen LogP) is 4.92. The molecule has 0 atom stereocenters. The number of nitrogens with one attached hydrogen (secondary N) is 1. The Morgan fingerprint density at radius 1 is 0.946 bits per heavy atom. The highest BCUT2D eigenvalue weighted by Crippen LogP contribution is 2.38. The van der Waals surface area contributed by atoms with Crippen molar-refractivity contribution >= 4 is 34.4 Å². The topological polar surface area (TPSA) is 86.8 Å². The maximum Gasteiger partial charge on any atom is 0.339 e. The van der Waals surface area contributed by atoms with Gasteiger partial charge in [-0.1, -0.05) is 54.6 Å². The lowest BCUT2D eigenvalue weighted by atomic mass is 10.0. The Kier molecular flexibility index (Phi) is 6.02. The highest BCUT2D eigenvalue weighted by molar-refractivity contribution is 6.07. The van der Waals surface area contributed by atoms with Crippen LogP contribution in [0.5, 0.6) is 11.5 Å². The fourth-order valence-corrected chi connectivity index (χ4v) is 4.77. The molecule has 0 unspecified atom stereocenters. The first-order valence-corrected chi connectivity index (χ1v) is 12.2. The van der Waals surface area contributed by atoms with E-state index >= 15 is 0 Å². The van der Waals surface area contributed by atoms with Crippen molar-refractivity contribution in [3.63, 3.8) is 0 Å². The maximum atomic E-state index is 13.3. The molecule has 0 fully saturated rings. The number of benzene rings is 3. The van der Waals surface area contributed by atoms with Gasteiger partial charge in [0.25, 0.3) is 5.91 Å². The number of nitrogens with zero attached hydrogens (tertiary/aromatic N) is 1. The van der Waals surface area contributed by atoms with Crippen LogP contribution < -0.4 is 14.8 Å². The number of esters is 1. The summed E-state index contributed by atoms with van der Waals surface area (Å²) in [5.41, 5.74) is 5.93. The molecular formula is C30H24N2O5. The second kappa shape index (κ2) is 9.78. The van der Waals surface area contributed by atoms with E-state index in [2.05, 4.69) is 11.4 Å². The minimum Gasteiger partial charge on any atom is -0.454 e. The highest BCUT2D eigenvalue weighted by atomic mass is 16.7. The summed E-state index contributed by atoms with van der Waals surface area (Å²) in [7, 11) is 0. The summed E-state index contributed by atoms with van der Waals surface area (Å²) in [6.07, 6.45) is 3.59. The zero-order valence-electron chi connectivity index (χ0n) is 20.0. The second-order valence-corrected chi connectivity index (χ2v) is 8.95. The van der Waals surface area contributed by atoms with Gasteiger partial charge in [-0.05, 0) is 59.4 Å². The third kappa shape index (κ3) is 4.63. The zero-order valence-corrected chi connectivity index (χ0v) is 20.0. The van der Waals surface area contributed by atoms with E-state index in [-0.39, 0.29) is 25.9 Å². The summed E-state index contributed by atoms with van der Waals surface area (Å²) >= 11 is 0. The van der Waals surface area contributed by atoms with E-state index in [9.17, 15) is 9.59 Å². The third-order valence-corrected chi connectivity index (χ3v) is 6.55. The molecule has 4 aromatic rings. The van der Waals surface area contributed by atoms with Crippen molar-refractivity contribution in [2.45, 2.75) is 19.4 Å². The van der Waals surface area contributed by atoms with E-state index in [4.69, 9.17) is 19.2 Å². The number of ether oxygens (including phenoxy) is 3. The van der Waals surface area contributed by atoms with E-state index in [1.165, 1.54) is 0 Å². The van der Waals surface area contributed by atoms with Gasteiger partial charge >= 0.3 is 5.97 Å². The smallest absolute Gasteiger partial charge is 0.339 e. The number of amides is 1. The average Bonchev–Trinajstić information content (AvgIpc) is 3.56. The SMILES string of the molecule is O=C(COC(=O)c1c2c(nc3ccccc13)/C(=C/c1ccccc1)CC2)NCc1ccc2c(c1)OCO2. The zero-order chi connectivity index (χ0) is 25.2. The molecular weight excluding hydrogens is 468 g/mol. The van der Waals surface area contributed by atoms with Crippen molar-refractivity contribution in [2.24, 2.45) is 0 Å². The van der Waals surface area contributed by atoms with Crippen LogP contribution in [-0.4, -0.2) is 30.3 Å². The van der Waals surface area contributed by atoms with Gasteiger partial charge in [0, 0.05) is 11.9 Å². The van der Waals surface area contributed by atoms with Crippen LogP contribution in [0.4, 0.5) is 0 Å². The van der Waals surface area contributed by atoms with Crippen molar-refractivity contribution < 1.29 is 23.8 Å². The molecule has 0 saturated carbocycles. The molecule has 6 rings (SSSR count). The molecule has 1 aromatic heterocycles. The minimum atomic E-state index is -0.519. The van der Waals surface area contributed by atoms with E-state index in [1.807, 2.05) is 66.7 Å². The Morgan fingerprint density at radius 2 is 1.76 bits per heavy atom. The van der Waals surface area contributed by atoms with E-state index in [1.54, 1.807) is 6.07 Å². The number of para-hydroxylation sites is 1. The van der Waals surface area contributed by atoms with Crippen molar-refractivity contribution in [2.75, 3.05) is 13.4 Å². The number of rotatable bonds is 6. The maximum absolute atomic E-state index is 13.3. The molecule has 0 saturated heterocycles. The second-order valence-electron chi connectivity index (χ2n) is 8.95. The van der Waals surface area contributed by atoms with Crippen LogP contribution in [0.2, 0.25) is 0 Å². The number of aromatic nitrogens is 1. The van der Waals surface area contributed by atoms with Crippen LogP contribution in [-0.2, 0) is 22.5 Å². The standard InChI is InChI=1S/C30H24N2O5/c33-27(31-16-20-10-13-25-26(15-20)37-18-36-25)17-35-30(34)28-22-8-4-5-9-24(22)32-29-21(11-12-23(28)29)14-19-6-2-1-3-7-19/h1-10,13-15H,11-12,16-18H2,(H,31,33)/b21-14+. The Labute approximate surface area is 213 Å². The van der Waals surface area contributed by atoms with Crippen LogP contribution in [0.3, 0.4) is 0 Å². The first kappa shape index (κ1) is 22.8. The summed E-state index contributed by atoms with van der Waals surface area (Å²) in [6, 6.07) is 23.1. The Morgan fingerprint density at radius 3 is 2.65 bits per heavy atom. The lowest BCUT2D eigenvalue weighted by Crippen LogP contribution is -2.28. The summed E-state index contributed by atoms with van der Waals surface area (Å²) in [4.78, 5) is 30.7. The van der Waals surface area contributed by atoms with Crippen LogP contribution in [0.25, 0.3) is 22.6 Å². The van der Waals surface area contributed by atoms with Crippen LogP contribution in [0, 0.1) is 0 Å². The molecule has 7 heteroatoms. The first-order valence-electron chi connectivity index (χ1n) is 12.2. The van der Waals surface area contributed by atoms with Crippen LogP contribution >= 0.6 is 0 Å². The van der Waals surface area contributed by atoms with Gasteiger partial charge in [-0.3, -0.25) is 4.79 Å². The van der Waals surface area contributed by atoms with Crippen molar-refractivity contribution in [1.29, 1.82) is 0 Å². The normalized spacial score (nSPS) is 14.5. The van der Waals surface area contributed by atoms with Gasteiger partial charge in [0.2, 0.25) is 6.79 Å². The molecule has 2 aliphatic rings. The van der Waals surface area contributed by atoms with Gasteiger partial charge in [0.1, 0.15) is 0 Å². The fourth-order valence-electron chi connectivity index (χ4n) is 4.77. The Hall–Kier alpha value is -4.65. The first-order chi connectivity index (χ1) is 18.2. The fraction of sp³-hybridized carbons (Fsp3) is 0.167. The van der Waals surface area contributed by atoms with Gasteiger partial charge in [0.05, 0.1) is 16.8 Å². The van der Waals surface area contributed by atoms with Gasteiger partial charge in [-0.15, -0.1) is 0 Å². The van der Waals surface area contributed by atoms with Crippen molar-refractivity contribution in [3.8, 4) is 11.5 Å². The van der Waals surface area contributed by atoms with Gasteiger partial charge in [-0.25, -0.2) is 9.78 Å². The Balaban J connectivity index is 1.20. The number of hydrogen-bond donors (Lipinski definition) is 1. The van der Waals surface area contributed by atoms with E-state index in [0.717, 1.165) is 45.3 Å². The molecule has 0 radical (unpaired) electrons. The quantitative estimate of drug-likeness (QED) is 0.385. The number of allylic oxidation sites excluding steroid dienone is 1. The molecule has 1 amide bonds. The summed E-state index contributed by atoms with van der Waals surface area (Å²) in [5.74, 6) is 0.430. The van der Waals surface area contributed by atoms with Gasteiger partial charge < -0.3 is 19.5 Å². The van der Waals surface area contributed by atoms with Gasteiger partial charge in [-0.2, -0.15) is 0 Å². The van der Waals surface area contributed by atoms with Gasteiger partial charge in [0.15, 0.2) is 18.1 Å². The summed E-state index contributed by atoms with van der Waals surface area (Å²) < 4.78 is 16.2. The predicted molar refractivity (Wildman–Crippen MR) is 139 cm³/mol.